The first-order valence-corrected chi connectivity index (χ1v) is 14.0. The normalized spacial score (nSPS) is 16.2. The summed E-state index contributed by atoms with van der Waals surface area (Å²) in [6, 6.07) is 9.67. The van der Waals surface area contributed by atoms with Crippen LogP contribution in [-0.4, -0.2) is 51.9 Å². The average molecular weight is 549 g/mol. The predicted molar refractivity (Wildman–Crippen MR) is 146 cm³/mol. The van der Waals surface area contributed by atoms with E-state index in [1.807, 2.05) is 51.1 Å². The fraction of sp³-hybridized carbons (Fsp3) is 0.500. The number of rotatable bonds is 8. The summed E-state index contributed by atoms with van der Waals surface area (Å²) in [5, 5.41) is 3.79. The number of amides is 1. The van der Waals surface area contributed by atoms with E-state index in [2.05, 4.69) is 21.8 Å². The van der Waals surface area contributed by atoms with Gasteiger partial charge in [-0.3, -0.25) is 14.5 Å². The zero-order chi connectivity index (χ0) is 27.6. The molecule has 4 rings (SSSR count). The lowest BCUT2D eigenvalue weighted by Gasteiger charge is -2.36. The maximum Gasteiger partial charge on any atom is 0.401 e. The van der Waals surface area contributed by atoms with Crippen molar-refractivity contribution in [2.45, 2.75) is 64.2 Å². The van der Waals surface area contributed by atoms with E-state index < -0.39 is 12.7 Å². The van der Waals surface area contributed by atoms with Crippen LogP contribution in [-0.2, 0) is 6.54 Å². The molecule has 0 radical (unpaired) electrons. The van der Waals surface area contributed by atoms with Crippen molar-refractivity contribution >= 4 is 28.6 Å². The summed E-state index contributed by atoms with van der Waals surface area (Å²) >= 11 is 1.57. The van der Waals surface area contributed by atoms with Gasteiger partial charge in [0.25, 0.3) is 11.5 Å². The van der Waals surface area contributed by atoms with Gasteiger partial charge in [-0.2, -0.15) is 13.2 Å². The van der Waals surface area contributed by atoms with Crippen LogP contribution in [0.4, 0.5) is 13.2 Å². The summed E-state index contributed by atoms with van der Waals surface area (Å²) in [4.78, 5) is 31.3. The quantitative estimate of drug-likeness (QED) is 0.348. The molecule has 2 N–H and O–H groups in total. The lowest BCUT2D eigenvalue weighted by Crippen LogP contribution is -2.41. The molecule has 10 heteroatoms. The number of likely N-dealkylation sites (tertiary alicyclic amines) is 1. The molecule has 1 aromatic carbocycles. The Balaban J connectivity index is 1.57. The number of aromatic nitrogens is 2. The molecule has 1 aliphatic rings. The number of nitrogens with one attached hydrogen (secondary N) is 2. The average Bonchev–Trinajstić information content (AvgIpc) is 3.14. The van der Waals surface area contributed by atoms with E-state index in [1.54, 1.807) is 11.8 Å². The monoisotopic (exact) mass is 548 g/mol. The third-order valence-electron chi connectivity index (χ3n) is 7.46. The SMILES string of the molecule is CCSc1cc(C)[nH]c(=O)c1CNC(=O)c1c(C)n([C@H](C)C2CCN(CC(F)(F)F)CC2)c2ccccc12. The summed E-state index contributed by atoms with van der Waals surface area (Å²) in [6.07, 6.45) is -2.86. The van der Waals surface area contributed by atoms with E-state index in [9.17, 15) is 22.8 Å². The van der Waals surface area contributed by atoms with Gasteiger partial charge in [0.2, 0.25) is 0 Å². The number of halogens is 3. The summed E-state index contributed by atoms with van der Waals surface area (Å²) in [5.74, 6) is 0.755. The van der Waals surface area contributed by atoms with E-state index in [0.29, 0.717) is 37.1 Å². The van der Waals surface area contributed by atoms with E-state index in [4.69, 9.17) is 0 Å². The Labute approximate surface area is 225 Å². The highest BCUT2D eigenvalue weighted by Crippen LogP contribution is 2.36. The van der Waals surface area contributed by atoms with Crippen molar-refractivity contribution < 1.29 is 18.0 Å². The van der Waals surface area contributed by atoms with Gasteiger partial charge in [0, 0.05) is 45.3 Å². The van der Waals surface area contributed by atoms with Gasteiger partial charge in [0.1, 0.15) is 0 Å². The van der Waals surface area contributed by atoms with Crippen LogP contribution in [0.3, 0.4) is 0 Å². The molecule has 3 heterocycles. The number of aromatic amines is 1. The zero-order valence-corrected chi connectivity index (χ0v) is 23.1. The Kier molecular flexibility index (Phi) is 8.62. The zero-order valence-electron chi connectivity index (χ0n) is 22.2. The topological polar surface area (TPSA) is 70.1 Å². The Morgan fingerprint density at radius 3 is 2.55 bits per heavy atom. The van der Waals surface area contributed by atoms with Gasteiger partial charge in [-0.25, -0.2) is 0 Å². The Bertz CT molecular complexity index is 1360. The molecule has 1 atom stereocenters. The van der Waals surface area contributed by atoms with Crippen LogP contribution in [0, 0.1) is 19.8 Å². The number of alkyl halides is 3. The number of thioether (sulfide) groups is 1. The van der Waals surface area contributed by atoms with Gasteiger partial charge in [-0.15, -0.1) is 11.8 Å². The molecule has 0 aliphatic carbocycles. The van der Waals surface area contributed by atoms with Gasteiger partial charge in [0.15, 0.2) is 0 Å². The lowest BCUT2D eigenvalue weighted by atomic mass is 9.90. The highest BCUT2D eigenvalue weighted by atomic mass is 32.2. The number of H-pyrrole nitrogens is 1. The molecule has 2 aromatic heterocycles. The Morgan fingerprint density at radius 1 is 1.21 bits per heavy atom. The molecule has 3 aromatic rings. The maximum atomic E-state index is 13.5. The molecule has 0 unspecified atom stereocenters. The molecule has 1 aliphatic heterocycles. The fourth-order valence-corrected chi connectivity index (χ4v) is 6.57. The second kappa shape index (κ2) is 11.6. The number of carbonyl (C=O) groups excluding carboxylic acids is 1. The van der Waals surface area contributed by atoms with Crippen molar-refractivity contribution in [1.82, 2.24) is 19.8 Å². The molecule has 1 saturated heterocycles. The molecular formula is C28H35F3N4O2S. The van der Waals surface area contributed by atoms with Crippen LogP contribution >= 0.6 is 11.8 Å². The standard InChI is InChI=1S/C28H35F3N4O2S/c1-5-38-24-14-17(2)33-26(36)22(24)15-32-27(37)25-19(4)35(23-9-7-6-8-21(23)25)18(3)20-10-12-34(13-11-20)16-28(29,30)31/h6-9,14,18,20H,5,10-13,15-16H2,1-4H3,(H,32,37)(H,33,36)/t18-/m1/s1. The Morgan fingerprint density at radius 2 is 1.89 bits per heavy atom. The van der Waals surface area contributed by atoms with Crippen molar-refractivity contribution in [2.24, 2.45) is 5.92 Å². The van der Waals surface area contributed by atoms with E-state index in [-0.39, 0.29) is 30.0 Å². The molecule has 0 spiro atoms. The number of aryl methyl sites for hydroxylation is 1. The number of hydrogen-bond acceptors (Lipinski definition) is 4. The van der Waals surface area contributed by atoms with E-state index >= 15 is 0 Å². The van der Waals surface area contributed by atoms with E-state index in [1.165, 1.54) is 4.90 Å². The van der Waals surface area contributed by atoms with Gasteiger partial charge >= 0.3 is 6.18 Å². The van der Waals surface area contributed by atoms with Crippen molar-refractivity contribution in [2.75, 3.05) is 25.4 Å². The molecule has 0 bridgehead atoms. The molecule has 0 saturated carbocycles. The number of nitrogens with zero attached hydrogens (tertiary/aromatic N) is 2. The molecular weight excluding hydrogens is 513 g/mol. The highest BCUT2D eigenvalue weighted by molar-refractivity contribution is 7.99. The molecule has 1 amide bonds. The molecule has 38 heavy (non-hydrogen) atoms. The molecule has 1 fully saturated rings. The van der Waals surface area contributed by atoms with Crippen LogP contribution in [0.2, 0.25) is 0 Å². The van der Waals surface area contributed by atoms with Crippen LogP contribution in [0.25, 0.3) is 10.9 Å². The first-order chi connectivity index (χ1) is 18.0. The number of pyridine rings is 1. The smallest absolute Gasteiger partial charge is 0.348 e. The second-order valence-electron chi connectivity index (χ2n) is 10.1. The van der Waals surface area contributed by atoms with Gasteiger partial charge in [-0.05, 0) is 70.5 Å². The minimum absolute atomic E-state index is 0.0157. The van der Waals surface area contributed by atoms with Crippen LogP contribution in [0.1, 0.15) is 60.0 Å². The van der Waals surface area contributed by atoms with Gasteiger partial charge in [0.05, 0.1) is 12.1 Å². The number of carbonyl (C=O) groups is 1. The molecule has 206 valence electrons. The lowest BCUT2D eigenvalue weighted by molar-refractivity contribution is -0.149. The number of piperidine rings is 1. The third kappa shape index (κ3) is 6.12. The van der Waals surface area contributed by atoms with Crippen molar-refractivity contribution in [3.05, 3.63) is 63.2 Å². The van der Waals surface area contributed by atoms with Crippen LogP contribution in [0.5, 0.6) is 0 Å². The fourth-order valence-electron chi connectivity index (χ4n) is 5.66. The number of fused-ring (bicyclic) bond motifs is 1. The van der Waals surface area contributed by atoms with Crippen molar-refractivity contribution in [3.63, 3.8) is 0 Å². The summed E-state index contributed by atoms with van der Waals surface area (Å²) < 4.78 is 40.7. The summed E-state index contributed by atoms with van der Waals surface area (Å²) in [7, 11) is 0. The highest BCUT2D eigenvalue weighted by Gasteiger charge is 2.34. The first-order valence-electron chi connectivity index (χ1n) is 13.0. The summed E-state index contributed by atoms with van der Waals surface area (Å²) in [6.45, 7) is 7.92. The maximum absolute atomic E-state index is 13.5. The van der Waals surface area contributed by atoms with Gasteiger partial charge in [-0.1, -0.05) is 25.1 Å². The number of hydrogen-bond donors (Lipinski definition) is 2. The Hall–Kier alpha value is -2.72. The van der Waals surface area contributed by atoms with Crippen molar-refractivity contribution in [3.8, 4) is 0 Å². The van der Waals surface area contributed by atoms with E-state index in [0.717, 1.165) is 32.9 Å². The second-order valence-corrected chi connectivity index (χ2v) is 11.4. The largest absolute Gasteiger partial charge is 0.401 e. The number of benzene rings is 1. The van der Waals surface area contributed by atoms with Crippen LogP contribution < -0.4 is 10.9 Å². The first kappa shape index (κ1) is 28.3. The van der Waals surface area contributed by atoms with Crippen molar-refractivity contribution in [1.29, 1.82) is 0 Å². The number of para-hydroxylation sites is 1. The minimum Gasteiger partial charge on any atom is -0.348 e. The third-order valence-corrected chi connectivity index (χ3v) is 8.43. The summed E-state index contributed by atoms with van der Waals surface area (Å²) in [5.41, 5.74) is 3.42. The predicted octanol–water partition coefficient (Wildman–Crippen LogP) is 5.82. The van der Waals surface area contributed by atoms with Gasteiger partial charge < -0.3 is 14.9 Å². The van der Waals surface area contributed by atoms with Crippen LogP contribution in [0.15, 0.2) is 40.0 Å². The molecule has 6 nitrogen and oxygen atoms in total. The minimum atomic E-state index is -4.19.